The van der Waals surface area contributed by atoms with E-state index in [1.54, 1.807) is 26.0 Å². The van der Waals surface area contributed by atoms with Crippen molar-refractivity contribution in [3.63, 3.8) is 0 Å². The van der Waals surface area contributed by atoms with Crippen LogP contribution in [0, 0.1) is 0 Å². The van der Waals surface area contributed by atoms with Crippen molar-refractivity contribution in [1.82, 2.24) is 15.2 Å². The van der Waals surface area contributed by atoms with Gasteiger partial charge in [0.1, 0.15) is 22.8 Å². The third-order valence-corrected chi connectivity index (χ3v) is 6.70. The van der Waals surface area contributed by atoms with Crippen LogP contribution in [0.25, 0.3) is 0 Å². The molecule has 0 saturated carbocycles. The van der Waals surface area contributed by atoms with Crippen molar-refractivity contribution in [2.45, 2.75) is 38.5 Å². The lowest BCUT2D eigenvalue weighted by atomic mass is 10.0. The highest BCUT2D eigenvalue weighted by Crippen LogP contribution is 2.41. The van der Waals surface area contributed by atoms with Gasteiger partial charge in [0.05, 0.1) is 6.61 Å². The number of hydrogen-bond acceptors (Lipinski definition) is 13. The number of rotatable bonds is 8. The molecule has 2 aliphatic rings. The molecule has 0 radical (unpaired) electrons. The summed E-state index contributed by atoms with van der Waals surface area (Å²) in [6, 6.07) is -0.997. The first-order valence-corrected chi connectivity index (χ1v) is 12.2. The molecule has 1 saturated heterocycles. The van der Waals surface area contributed by atoms with E-state index in [1.807, 2.05) is 0 Å². The number of hydrogen-bond donors (Lipinski definition) is 3. The fourth-order valence-corrected chi connectivity index (χ4v) is 5.16. The van der Waals surface area contributed by atoms with Crippen LogP contribution in [0.5, 0.6) is 0 Å². The second-order valence-electron chi connectivity index (χ2n) is 7.03. The molecule has 15 heteroatoms. The molecular formula is C20H23N5O8S2. The number of nitrogens with zero attached hydrogens (tertiary/aromatic N) is 3. The summed E-state index contributed by atoms with van der Waals surface area (Å²) in [5, 5.41) is 15.8. The van der Waals surface area contributed by atoms with E-state index in [4.69, 9.17) is 15.2 Å². The Morgan fingerprint density at radius 2 is 2.17 bits per heavy atom. The highest BCUT2D eigenvalue weighted by Gasteiger charge is 2.54. The van der Waals surface area contributed by atoms with E-state index in [0.717, 1.165) is 11.3 Å². The van der Waals surface area contributed by atoms with Gasteiger partial charge in [0.2, 0.25) is 6.29 Å². The van der Waals surface area contributed by atoms with E-state index in [2.05, 4.69) is 20.2 Å². The minimum Gasteiger partial charge on any atom is -0.435 e. The standard InChI is InChI=1S/C20H23N5O8S2/c1-4-6-10-7-34-17-13(23-15(26)12(24-30)11-8-35-19(21)22-11)16(27)25(17)14(10)18(28)32-9(3)33-20(29)31-5-2/h4,6,8-9,13,17,30H,5,7H2,1-3H3,(H2,21,22)(H,23,26)/b6-4-,24-12-/t9?,13?,17-/m1/s1. The Morgan fingerprint density at radius 1 is 1.43 bits per heavy atom. The number of carbonyl (C=O) groups excluding carboxylic acids is 4. The molecular weight excluding hydrogens is 502 g/mol. The number of oxime groups is 1. The van der Waals surface area contributed by atoms with Crippen molar-refractivity contribution in [2.24, 2.45) is 5.16 Å². The van der Waals surface area contributed by atoms with Crippen molar-refractivity contribution in [3.8, 4) is 0 Å². The van der Waals surface area contributed by atoms with Crippen LogP contribution in [-0.4, -0.2) is 74.8 Å². The molecule has 2 amide bonds. The molecule has 1 aromatic rings. The predicted octanol–water partition coefficient (Wildman–Crippen LogP) is 1.20. The Hall–Kier alpha value is -3.59. The Balaban J connectivity index is 1.75. The van der Waals surface area contributed by atoms with Crippen LogP contribution in [0.2, 0.25) is 0 Å². The number of nitrogen functional groups attached to an aromatic ring is 1. The van der Waals surface area contributed by atoms with Gasteiger partial charge in [-0.05, 0) is 19.4 Å². The van der Waals surface area contributed by atoms with Crippen molar-refractivity contribution in [3.05, 3.63) is 34.5 Å². The summed E-state index contributed by atoms with van der Waals surface area (Å²) in [7, 11) is 0. The molecule has 0 spiro atoms. The molecule has 0 aliphatic carbocycles. The number of allylic oxidation sites excluding steroid dienone is 2. The van der Waals surface area contributed by atoms with Crippen LogP contribution in [0.4, 0.5) is 9.93 Å². The average Bonchev–Trinajstić information content (AvgIpc) is 3.23. The Kier molecular flexibility index (Phi) is 8.34. The van der Waals surface area contributed by atoms with E-state index < -0.39 is 47.4 Å². The van der Waals surface area contributed by atoms with Gasteiger partial charge >= 0.3 is 12.1 Å². The molecule has 35 heavy (non-hydrogen) atoms. The number of thioether (sulfide) groups is 1. The number of anilines is 1. The van der Waals surface area contributed by atoms with Crippen LogP contribution < -0.4 is 11.1 Å². The van der Waals surface area contributed by atoms with Crippen LogP contribution >= 0.6 is 23.1 Å². The largest absolute Gasteiger partial charge is 0.511 e. The average molecular weight is 526 g/mol. The number of fused-ring (bicyclic) bond motifs is 1. The molecule has 0 aromatic carbocycles. The zero-order valence-electron chi connectivity index (χ0n) is 18.9. The number of nitrogens with one attached hydrogen (secondary N) is 1. The van der Waals surface area contributed by atoms with Crippen LogP contribution in [0.15, 0.2) is 34.0 Å². The van der Waals surface area contributed by atoms with Crippen molar-refractivity contribution in [2.75, 3.05) is 18.1 Å². The van der Waals surface area contributed by atoms with E-state index in [0.29, 0.717) is 11.3 Å². The van der Waals surface area contributed by atoms with Gasteiger partial charge in [-0.2, -0.15) is 0 Å². The van der Waals surface area contributed by atoms with E-state index in [-0.39, 0.29) is 23.1 Å². The predicted molar refractivity (Wildman–Crippen MR) is 125 cm³/mol. The molecule has 3 rings (SSSR count). The maximum atomic E-state index is 13.0. The number of ether oxygens (including phenoxy) is 3. The number of nitrogens with two attached hydrogens (primary N) is 1. The minimum atomic E-state index is -1.27. The highest BCUT2D eigenvalue weighted by molar-refractivity contribution is 8.00. The number of esters is 1. The summed E-state index contributed by atoms with van der Waals surface area (Å²) < 4.78 is 14.7. The number of aromatic nitrogens is 1. The molecule has 13 nitrogen and oxygen atoms in total. The van der Waals surface area contributed by atoms with Gasteiger partial charge in [-0.1, -0.05) is 17.3 Å². The molecule has 4 N–H and O–H groups in total. The summed E-state index contributed by atoms with van der Waals surface area (Å²) in [6.45, 7) is 4.77. The Labute approximate surface area is 208 Å². The van der Waals surface area contributed by atoms with E-state index in [9.17, 15) is 24.4 Å². The SMILES string of the molecule is C/C=C\C1=C(C(=O)OC(C)OC(=O)OCC)N2C(=O)C(NC(=O)/C(=N\O)c3csc(N)n3)[C@H]2SC1. The van der Waals surface area contributed by atoms with Gasteiger partial charge in [-0.15, -0.1) is 23.1 Å². The lowest BCUT2D eigenvalue weighted by molar-refractivity contribution is -0.168. The van der Waals surface area contributed by atoms with E-state index in [1.165, 1.54) is 29.0 Å². The smallest absolute Gasteiger partial charge is 0.435 e. The number of amides is 2. The molecule has 3 heterocycles. The highest BCUT2D eigenvalue weighted by atomic mass is 32.2. The Morgan fingerprint density at radius 3 is 2.77 bits per heavy atom. The fraction of sp³-hybridized carbons (Fsp3) is 0.400. The zero-order valence-corrected chi connectivity index (χ0v) is 20.6. The number of carbonyl (C=O) groups is 4. The molecule has 1 aromatic heterocycles. The first-order chi connectivity index (χ1) is 16.7. The van der Waals surface area contributed by atoms with Crippen LogP contribution in [0.3, 0.4) is 0 Å². The summed E-state index contributed by atoms with van der Waals surface area (Å²) >= 11 is 2.38. The van der Waals surface area contributed by atoms with E-state index >= 15 is 0 Å². The summed E-state index contributed by atoms with van der Waals surface area (Å²) in [4.78, 5) is 55.2. The quantitative estimate of drug-likeness (QED) is 0.111. The van der Waals surface area contributed by atoms with Crippen LogP contribution in [-0.2, 0) is 28.6 Å². The van der Waals surface area contributed by atoms with Gasteiger partial charge < -0.3 is 30.5 Å². The topological polar surface area (TPSA) is 183 Å². The van der Waals surface area contributed by atoms with Gasteiger partial charge in [-0.25, -0.2) is 14.6 Å². The number of β-lactam (4-membered cyclic amide) rings is 1. The summed E-state index contributed by atoms with van der Waals surface area (Å²) in [6.07, 6.45) is 1.10. The second-order valence-corrected chi connectivity index (χ2v) is 9.02. The first-order valence-electron chi connectivity index (χ1n) is 10.3. The lowest BCUT2D eigenvalue weighted by Gasteiger charge is -2.49. The molecule has 1 fully saturated rings. The normalized spacial score (nSPS) is 20.7. The maximum Gasteiger partial charge on any atom is 0.511 e. The monoisotopic (exact) mass is 525 g/mol. The van der Waals surface area contributed by atoms with Crippen molar-refractivity contribution in [1.29, 1.82) is 0 Å². The maximum absolute atomic E-state index is 13.0. The first kappa shape index (κ1) is 26.0. The van der Waals surface area contributed by atoms with Crippen molar-refractivity contribution >= 4 is 57.9 Å². The lowest BCUT2D eigenvalue weighted by Crippen LogP contribution is -2.71. The second kappa shape index (κ2) is 11.2. The third-order valence-electron chi connectivity index (χ3n) is 4.72. The molecule has 188 valence electrons. The molecule has 0 bridgehead atoms. The summed E-state index contributed by atoms with van der Waals surface area (Å²) in [5.41, 5.74) is 5.72. The number of thiazole rings is 1. The van der Waals surface area contributed by atoms with Gasteiger partial charge in [0.15, 0.2) is 10.8 Å². The van der Waals surface area contributed by atoms with Gasteiger partial charge in [-0.3, -0.25) is 14.5 Å². The zero-order chi connectivity index (χ0) is 25.7. The minimum absolute atomic E-state index is 0.0232. The third kappa shape index (κ3) is 5.57. The van der Waals surface area contributed by atoms with Gasteiger partial charge in [0.25, 0.3) is 11.8 Å². The van der Waals surface area contributed by atoms with Crippen molar-refractivity contribution < 1.29 is 38.6 Å². The molecule has 3 atom stereocenters. The summed E-state index contributed by atoms with van der Waals surface area (Å²) in [5.74, 6) is -1.95. The molecule has 2 unspecified atom stereocenters. The van der Waals surface area contributed by atoms with Gasteiger partial charge in [0, 0.05) is 18.1 Å². The molecule has 2 aliphatic heterocycles. The fourth-order valence-electron chi connectivity index (χ4n) is 3.30. The Bertz CT molecular complexity index is 1110. The van der Waals surface area contributed by atoms with Crippen LogP contribution in [0.1, 0.15) is 26.5 Å².